The fraction of sp³-hybridized carbons (Fsp3) is 0.222. The number of nitrogens with zero attached hydrogens (tertiary/aromatic N) is 3. The number of amides is 2. The lowest BCUT2D eigenvalue weighted by atomic mass is 10.1. The van der Waals surface area contributed by atoms with Crippen LogP contribution in [-0.4, -0.2) is 34.6 Å². The molecule has 2 heterocycles. The van der Waals surface area contributed by atoms with Crippen molar-refractivity contribution in [2.75, 3.05) is 29.1 Å². The fourth-order valence-corrected chi connectivity index (χ4v) is 3.90. The number of urea groups is 1. The van der Waals surface area contributed by atoms with Crippen molar-refractivity contribution in [3.05, 3.63) is 77.8 Å². The van der Waals surface area contributed by atoms with Crippen molar-refractivity contribution in [2.24, 2.45) is 0 Å². The molecule has 0 spiro atoms. The first-order valence-electron chi connectivity index (χ1n) is 11.8. The normalized spacial score (nSPS) is 10.8. The summed E-state index contributed by atoms with van der Waals surface area (Å²) < 4.78 is 14.7. The molecule has 186 valence electrons. The number of unbranched alkanes of at least 4 members (excludes halogenated alkanes) is 2. The maximum absolute atomic E-state index is 14.7. The standard InChI is InChI=1S/C27H28ClFN6O/c1-3-4-5-16-35(2)26-33-24(18-12-14-30-15-13-18)25(34-26)19-6-11-22(29)23(17-19)32-27(36)31-21-9-7-20(28)8-10-21/h6-15,17H,3-5,16H2,1-2H3,(H,33,34)(H2,31,32,36). The van der Waals surface area contributed by atoms with Crippen LogP contribution in [0, 0.1) is 5.82 Å². The molecule has 0 aliphatic rings. The van der Waals surface area contributed by atoms with Gasteiger partial charge in [-0.3, -0.25) is 4.98 Å². The van der Waals surface area contributed by atoms with Gasteiger partial charge in [0, 0.05) is 47.8 Å². The number of H-pyrrole nitrogens is 1. The van der Waals surface area contributed by atoms with Crippen molar-refractivity contribution in [3.63, 3.8) is 0 Å². The second-order valence-corrected chi connectivity index (χ2v) is 8.87. The van der Waals surface area contributed by atoms with Gasteiger partial charge in [0.25, 0.3) is 0 Å². The average Bonchev–Trinajstić information content (AvgIpc) is 3.33. The molecule has 0 aliphatic heterocycles. The van der Waals surface area contributed by atoms with E-state index < -0.39 is 11.8 Å². The number of pyridine rings is 1. The van der Waals surface area contributed by atoms with E-state index >= 15 is 0 Å². The van der Waals surface area contributed by atoms with E-state index in [1.54, 1.807) is 48.8 Å². The van der Waals surface area contributed by atoms with Gasteiger partial charge in [-0.05, 0) is 61.0 Å². The Bertz CT molecular complexity index is 1310. The SMILES string of the molecule is CCCCCN(C)c1nc(-c2ccc(F)c(NC(=O)Nc3ccc(Cl)cc3)c2)c(-c2ccncc2)[nH]1. The summed E-state index contributed by atoms with van der Waals surface area (Å²) in [6.45, 7) is 3.03. The number of nitrogens with one attached hydrogen (secondary N) is 3. The molecule has 7 nitrogen and oxygen atoms in total. The van der Waals surface area contributed by atoms with Gasteiger partial charge in [0.2, 0.25) is 5.95 Å². The predicted octanol–water partition coefficient (Wildman–Crippen LogP) is 7.20. The van der Waals surface area contributed by atoms with Crippen LogP contribution in [0.25, 0.3) is 22.5 Å². The predicted molar refractivity (Wildman–Crippen MR) is 144 cm³/mol. The number of carbonyl (C=O) groups excluding carboxylic acids is 1. The highest BCUT2D eigenvalue weighted by atomic mass is 35.5. The molecule has 0 fully saturated rings. The van der Waals surface area contributed by atoms with Crippen LogP contribution in [0.3, 0.4) is 0 Å². The summed E-state index contributed by atoms with van der Waals surface area (Å²) in [7, 11) is 1.99. The van der Waals surface area contributed by atoms with Gasteiger partial charge in [0.1, 0.15) is 5.82 Å². The molecule has 0 radical (unpaired) electrons. The second kappa shape index (κ2) is 11.7. The molecule has 4 aromatic rings. The van der Waals surface area contributed by atoms with Gasteiger partial charge >= 0.3 is 6.03 Å². The van der Waals surface area contributed by atoms with E-state index in [9.17, 15) is 9.18 Å². The lowest BCUT2D eigenvalue weighted by Gasteiger charge is -2.15. The number of rotatable bonds is 9. The molecular formula is C27H28ClFN6O. The Morgan fingerprint density at radius 1 is 1.03 bits per heavy atom. The van der Waals surface area contributed by atoms with E-state index in [4.69, 9.17) is 16.6 Å². The van der Waals surface area contributed by atoms with Crippen LogP contribution in [-0.2, 0) is 0 Å². The second-order valence-electron chi connectivity index (χ2n) is 8.43. The van der Waals surface area contributed by atoms with Gasteiger partial charge < -0.3 is 20.5 Å². The van der Waals surface area contributed by atoms with Crippen LogP contribution in [0.2, 0.25) is 5.02 Å². The van der Waals surface area contributed by atoms with Crippen LogP contribution in [0.15, 0.2) is 67.0 Å². The van der Waals surface area contributed by atoms with Crippen LogP contribution < -0.4 is 15.5 Å². The van der Waals surface area contributed by atoms with E-state index in [2.05, 4.69) is 32.4 Å². The lowest BCUT2D eigenvalue weighted by Crippen LogP contribution is -2.20. The van der Waals surface area contributed by atoms with Gasteiger partial charge in [-0.2, -0.15) is 0 Å². The molecule has 2 aromatic heterocycles. The summed E-state index contributed by atoms with van der Waals surface area (Å²) in [5, 5.41) is 5.82. The number of benzene rings is 2. The molecular weight excluding hydrogens is 479 g/mol. The largest absolute Gasteiger partial charge is 0.345 e. The van der Waals surface area contributed by atoms with Gasteiger partial charge in [-0.25, -0.2) is 14.2 Å². The van der Waals surface area contributed by atoms with Gasteiger partial charge in [-0.1, -0.05) is 31.4 Å². The van der Waals surface area contributed by atoms with E-state index in [-0.39, 0.29) is 5.69 Å². The van der Waals surface area contributed by atoms with Crippen molar-refractivity contribution in [2.45, 2.75) is 26.2 Å². The Morgan fingerprint density at radius 2 is 1.78 bits per heavy atom. The van der Waals surface area contributed by atoms with Crippen molar-refractivity contribution >= 4 is 35.0 Å². The molecule has 0 saturated carbocycles. The Kier molecular flexibility index (Phi) is 8.17. The smallest absolute Gasteiger partial charge is 0.323 e. The van der Waals surface area contributed by atoms with E-state index in [0.717, 1.165) is 37.1 Å². The number of hydrogen-bond donors (Lipinski definition) is 3. The Morgan fingerprint density at radius 3 is 2.50 bits per heavy atom. The third kappa shape index (κ3) is 6.20. The highest BCUT2D eigenvalue weighted by Crippen LogP contribution is 2.34. The molecule has 0 aliphatic carbocycles. The number of halogens is 2. The molecule has 0 atom stereocenters. The summed E-state index contributed by atoms with van der Waals surface area (Å²) in [6.07, 6.45) is 6.75. The average molecular weight is 507 g/mol. The quantitative estimate of drug-likeness (QED) is 0.209. The Labute approximate surface area is 214 Å². The van der Waals surface area contributed by atoms with Crippen LogP contribution in [0.4, 0.5) is 26.5 Å². The molecule has 2 amide bonds. The molecule has 36 heavy (non-hydrogen) atoms. The summed E-state index contributed by atoms with van der Waals surface area (Å²) in [6, 6.07) is 14.4. The minimum Gasteiger partial charge on any atom is -0.345 e. The first-order chi connectivity index (χ1) is 17.4. The van der Waals surface area contributed by atoms with Crippen molar-refractivity contribution < 1.29 is 9.18 Å². The minimum atomic E-state index is -0.568. The zero-order valence-corrected chi connectivity index (χ0v) is 20.9. The Hall–Kier alpha value is -3.91. The molecule has 3 N–H and O–H groups in total. The number of carbonyl (C=O) groups is 1. The van der Waals surface area contributed by atoms with Crippen molar-refractivity contribution in [3.8, 4) is 22.5 Å². The molecule has 0 saturated heterocycles. The first-order valence-corrected chi connectivity index (χ1v) is 12.2. The number of aromatic amines is 1. The van der Waals surface area contributed by atoms with Crippen LogP contribution in [0.1, 0.15) is 26.2 Å². The topological polar surface area (TPSA) is 85.9 Å². The molecule has 2 aromatic carbocycles. The molecule has 0 unspecified atom stereocenters. The van der Waals surface area contributed by atoms with Gasteiger partial charge in [0.05, 0.1) is 17.1 Å². The summed E-state index contributed by atoms with van der Waals surface area (Å²) in [5.74, 6) is 0.162. The Balaban J connectivity index is 1.63. The molecule has 9 heteroatoms. The zero-order chi connectivity index (χ0) is 25.5. The number of anilines is 3. The monoisotopic (exact) mass is 506 g/mol. The van der Waals surface area contributed by atoms with Gasteiger partial charge in [-0.15, -0.1) is 0 Å². The van der Waals surface area contributed by atoms with Crippen molar-refractivity contribution in [1.29, 1.82) is 0 Å². The third-order valence-electron chi connectivity index (χ3n) is 5.71. The fourth-order valence-electron chi connectivity index (χ4n) is 3.77. The summed E-state index contributed by atoms with van der Waals surface area (Å²) >= 11 is 5.89. The highest BCUT2D eigenvalue weighted by molar-refractivity contribution is 6.30. The van der Waals surface area contributed by atoms with E-state index in [1.807, 2.05) is 19.2 Å². The first kappa shape index (κ1) is 25.2. The van der Waals surface area contributed by atoms with E-state index in [1.165, 1.54) is 6.07 Å². The zero-order valence-electron chi connectivity index (χ0n) is 20.2. The number of aromatic nitrogens is 3. The minimum absolute atomic E-state index is 0.0421. The highest BCUT2D eigenvalue weighted by Gasteiger charge is 2.18. The maximum Gasteiger partial charge on any atom is 0.323 e. The van der Waals surface area contributed by atoms with Crippen LogP contribution in [0.5, 0.6) is 0 Å². The summed E-state index contributed by atoms with van der Waals surface area (Å²) in [4.78, 5) is 27.0. The molecule has 4 rings (SSSR count). The van der Waals surface area contributed by atoms with Crippen LogP contribution >= 0.6 is 11.6 Å². The maximum atomic E-state index is 14.7. The van der Waals surface area contributed by atoms with Gasteiger partial charge in [0.15, 0.2) is 0 Å². The number of hydrogen-bond acceptors (Lipinski definition) is 4. The third-order valence-corrected chi connectivity index (χ3v) is 5.96. The lowest BCUT2D eigenvalue weighted by molar-refractivity contribution is 0.262. The van der Waals surface area contributed by atoms with E-state index in [0.29, 0.717) is 27.9 Å². The summed E-state index contributed by atoms with van der Waals surface area (Å²) in [5.41, 5.74) is 3.59. The molecule has 0 bridgehead atoms. The number of imidazole rings is 1. The van der Waals surface area contributed by atoms with Crippen molar-refractivity contribution in [1.82, 2.24) is 15.0 Å².